The van der Waals surface area contributed by atoms with E-state index >= 15 is 0 Å². The number of thioether (sulfide) groups is 1. The molecule has 24 heavy (non-hydrogen) atoms. The highest BCUT2D eigenvalue weighted by Crippen LogP contribution is 2.62. The first-order valence-corrected chi connectivity index (χ1v) is 10.1. The van der Waals surface area contributed by atoms with E-state index in [1.807, 2.05) is 24.3 Å². The van der Waals surface area contributed by atoms with Crippen molar-refractivity contribution in [2.75, 3.05) is 0 Å². The number of H-pyrrole nitrogens is 1. The Hall–Kier alpha value is -1.29. The summed E-state index contributed by atoms with van der Waals surface area (Å²) >= 11 is 2.09. The summed E-state index contributed by atoms with van der Waals surface area (Å²) < 4.78 is 0.443. The highest BCUT2D eigenvalue weighted by molar-refractivity contribution is 8.00. The quantitative estimate of drug-likeness (QED) is 0.882. The van der Waals surface area contributed by atoms with Gasteiger partial charge in [0.2, 0.25) is 0 Å². The predicted octanol–water partition coefficient (Wildman–Crippen LogP) is 4.69. The first-order valence-electron chi connectivity index (χ1n) is 9.27. The Bertz CT molecular complexity index is 808. The number of benzene rings is 1. The Balaban J connectivity index is 1.45. The number of nitrogens with zero attached hydrogens (tertiary/aromatic N) is 1. The molecule has 4 heteroatoms. The smallest absolute Gasteiger partial charge is 0.258 e. The molecule has 1 aromatic heterocycles. The zero-order valence-corrected chi connectivity index (χ0v) is 14.9. The summed E-state index contributed by atoms with van der Waals surface area (Å²) in [6.07, 6.45) is 8.56. The molecule has 4 aliphatic carbocycles. The summed E-state index contributed by atoms with van der Waals surface area (Å²) in [6.45, 7) is 2.22. The van der Waals surface area contributed by atoms with Crippen LogP contribution >= 0.6 is 11.8 Å². The highest BCUT2D eigenvalue weighted by atomic mass is 32.2. The summed E-state index contributed by atoms with van der Waals surface area (Å²) in [5.41, 5.74) is 0.808. The van der Waals surface area contributed by atoms with Gasteiger partial charge in [0.1, 0.15) is 5.82 Å². The average Bonchev–Trinajstić information content (AvgIpc) is 2.53. The fraction of sp³-hybridized carbons (Fsp3) is 0.600. The number of aromatic nitrogens is 2. The molecule has 4 fully saturated rings. The van der Waals surface area contributed by atoms with Gasteiger partial charge < -0.3 is 4.98 Å². The van der Waals surface area contributed by atoms with Gasteiger partial charge in [0.05, 0.1) is 16.2 Å². The molecule has 0 saturated heterocycles. The van der Waals surface area contributed by atoms with Gasteiger partial charge in [-0.25, -0.2) is 4.98 Å². The molecule has 0 radical (unpaired) electrons. The van der Waals surface area contributed by atoms with Gasteiger partial charge in [-0.2, -0.15) is 0 Å². The molecule has 0 aliphatic heterocycles. The lowest BCUT2D eigenvalue weighted by Crippen LogP contribution is -2.48. The van der Waals surface area contributed by atoms with Gasteiger partial charge in [0.15, 0.2) is 0 Å². The molecule has 0 spiro atoms. The monoisotopic (exact) mass is 340 g/mol. The minimum atomic E-state index is -0.00596. The Labute approximate surface area is 146 Å². The highest BCUT2D eigenvalue weighted by Gasteiger charge is 2.51. The van der Waals surface area contributed by atoms with Crippen LogP contribution in [-0.2, 0) is 0 Å². The first kappa shape index (κ1) is 15.0. The summed E-state index contributed by atoms with van der Waals surface area (Å²) in [7, 11) is 0. The molecule has 2 aromatic rings. The second kappa shape index (κ2) is 5.35. The molecule has 1 N–H and O–H groups in total. The number of aromatic amines is 1. The predicted molar refractivity (Wildman–Crippen MR) is 99.3 cm³/mol. The molecule has 0 unspecified atom stereocenters. The number of rotatable bonds is 3. The minimum absolute atomic E-state index is 0.00596. The van der Waals surface area contributed by atoms with E-state index in [0.29, 0.717) is 10.1 Å². The molecular formula is C20H24N2OS. The van der Waals surface area contributed by atoms with Gasteiger partial charge >= 0.3 is 0 Å². The topological polar surface area (TPSA) is 45.8 Å². The van der Waals surface area contributed by atoms with Crippen LogP contribution in [0.2, 0.25) is 0 Å². The van der Waals surface area contributed by atoms with Crippen LogP contribution in [0.3, 0.4) is 0 Å². The summed E-state index contributed by atoms with van der Waals surface area (Å²) in [6, 6.07) is 7.64. The third-order valence-corrected chi connectivity index (χ3v) is 8.00. The standard InChI is InChI=1S/C20H24N2OS/c1-12(18-21-17-5-3-2-4-16(17)19(23)22-18)24-20-9-13-6-14(10-20)8-15(7-13)11-20/h2-5,12-15H,6-11H2,1H3,(H,21,22,23)/t12-,13?,14?,15?,20?/m0/s1. The summed E-state index contributed by atoms with van der Waals surface area (Å²) in [5.74, 6) is 3.72. The fourth-order valence-corrected chi connectivity index (χ4v) is 7.87. The third kappa shape index (κ3) is 2.42. The Morgan fingerprint density at radius 2 is 1.75 bits per heavy atom. The number of hydrogen-bond donors (Lipinski definition) is 1. The lowest BCUT2D eigenvalue weighted by atomic mass is 9.56. The largest absolute Gasteiger partial charge is 0.309 e. The number of fused-ring (bicyclic) bond motifs is 1. The van der Waals surface area contributed by atoms with Crippen molar-refractivity contribution >= 4 is 22.7 Å². The number of para-hydroxylation sites is 1. The maximum atomic E-state index is 12.4. The van der Waals surface area contributed by atoms with Crippen molar-refractivity contribution in [2.24, 2.45) is 17.8 Å². The summed E-state index contributed by atoms with van der Waals surface area (Å²) in [4.78, 5) is 20.2. The van der Waals surface area contributed by atoms with E-state index in [0.717, 1.165) is 29.1 Å². The molecule has 0 amide bonds. The molecule has 126 valence electrons. The van der Waals surface area contributed by atoms with Crippen molar-refractivity contribution < 1.29 is 0 Å². The molecule has 4 bridgehead atoms. The minimum Gasteiger partial charge on any atom is -0.309 e. The van der Waals surface area contributed by atoms with Crippen LogP contribution in [0.5, 0.6) is 0 Å². The second-order valence-electron chi connectivity index (χ2n) is 8.33. The molecule has 3 nitrogen and oxygen atoms in total. The average molecular weight is 340 g/mol. The van der Waals surface area contributed by atoms with Crippen LogP contribution < -0.4 is 5.56 Å². The van der Waals surface area contributed by atoms with E-state index in [-0.39, 0.29) is 10.8 Å². The summed E-state index contributed by atoms with van der Waals surface area (Å²) in [5, 5.41) is 0.937. The van der Waals surface area contributed by atoms with Crippen LogP contribution in [0.1, 0.15) is 56.5 Å². The Morgan fingerprint density at radius 1 is 1.12 bits per heavy atom. The van der Waals surface area contributed by atoms with Crippen molar-refractivity contribution in [2.45, 2.75) is 55.4 Å². The van der Waals surface area contributed by atoms with Crippen molar-refractivity contribution in [3.63, 3.8) is 0 Å². The van der Waals surface area contributed by atoms with E-state index in [4.69, 9.17) is 4.98 Å². The van der Waals surface area contributed by atoms with Gasteiger partial charge in [-0.05, 0) is 75.3 Å². The lowest BCUT2D eigenvalue weighted by molar-refractivity contribution is 0.0381. The van der Waals surface area contributed by atoms with Gasteiger partial charge in [-0.1, -0.05) is 12.1 Å². The van der Waals surface area contributed by atoms with Crippen LogP contribution in [0.25, 0.3) is 10.9 Å². The zero-order valence-electron chi connectivity index (χ0n) is 14.1. The van der Waals surface area contributed by atoms with Crippen molar-refractivity contribution in [1.82, 2.24) is 9.97 Å². The normalized spacial score (nSPS) is 35.5. The van der Waals surface area contributed by atoms with Crippen molar-refractivity contribution in [3.05, 3.63) is 40.4 Å². The molecule has 1 aromatic carbocycles. The maximum absolute atomic E-state index is 12.4. The lowest BCUT2D eigenvalue weighted by Gasteiger charge is -2.57. The van der Waals surface area contributed by atoms with Gasteiger partial charge in [0, 0.05) is 4.75 Å². The van der Waals surface area contributed by atoms with E-state index in [1.54, 1.807) is 0 Å². The van der Waals surface area contributed by atoms with Crippen LogP contribution in [0, 0.1) is 17.8 Å². The molecule has 4 saturated carbocycles. The second-order valence-corrected chi connectivity index (χ2v) is 10.1. The molecule has 4 aliphatic rings. The SMILES string of the molecule is C[C@H](SC12CC3CC(CC(C3)C1)C2)c1nc2ccccc2c(=O)[nH]1. The van der Waals surface area contributed by atoms with Gasteiger partial charge in [0.25, 0.3) is 5.56 Å². The zero-order chi connectivity index (χ0) is 16.3. The van der Waals surface area contributed by atoms with E-state index < -0.39 is 0 Å². The van der Waals surface area contributed by atoms with Crippen molar-refractivity contribution in [1.29, 1.82) is 0 Å². The number of nitrogens with one attached hydrogen (secondary N) is 1. The van der Waals surface area contributed by atoms with Crippen LogP contribution in [-0.4, -0.2) is 14.7 Å². The Morgan fingerprint density at radius 3 is 2.42 bits per heavy atom. The van der Waals surface area contributed by atoms with Gasteiger partial charge in [-0.3, -0.25) is 4.79 Å². The van der Waals surface area contributed by atoms with Crippen LogP contribution in [0.15, 0.2) is 29.1 Å². The van der Waals surface area contributed by atoms with Gasteiger partial charge in [-0.15, -0.1) is 11.8 Å². The van der Waals surface area contributed by atoms with E-state index in [1.165, 1.54) is 38.5 Å². The molecular weight excluding hydrogens is 316 g/mol. The van der Waals surface area contributed by atoms with E-state index in [2.05, 4.69) is 23.7 Å². The van der Waals surface area contributed by atoms with E-state index in [9.17, 15) is 4.79 Å². The fourth-order valence-electron chi connectivity index (χ4n) is 5.90. The third-order valence-electron chi connectivity index (χ3n) is 6.43. The maximum Gasteiger partial charge on any atom is 0.258 e. The Kier molecular flexibility index (Phi) is 3.35. The van der Waals surface area contributed by atoms with Crippen LogP contribution in [0.4, 0.5) is 0 Å². The first-order chi connectivity index (χ1) is 11.6. The molecule has 1 atom stereocenters. The number of hydrogen-bond acceptors (Lipinski definition) is 3. The molecule has 6 rings (SSSR count). The molecule has 1 heterocycles. The van der Waals surface area contributed by atoms with Crippen molar-refractivity contribution in [3.8, 4) is 0 Å².